The second-order valence-corrected chi connectivity index (χ2v) is 10.8. The van der Waals surface area contributed by atoms with Crippen LogP contribution in [0.15, 0.2) is 83.8 Å². The van der Waals surface area contributed by atoms with Crippen molar-refractivity contribution < 1.29 is 0 Å². The molecule has 1 aromatic carbocycles. The third-order valence-electron chi connectivity index (χ3n) is 5.48. The molecule has 1 aromatic rings. The molecule has 0 aliphatic carbocycles. The van der Waals surface area contributed by atoms with Crippen LogP contribution in [0.25, 0.3) is 0 Å². The fourth-order valence-corrected chi connectivity index (χ4v) is 3.47. The lowest BCUT2D eigenvalue weighted by Crippen LogP contribution is -2.47. The van der Waals surface area contributed by atoms with Gasteiger partial charge in [0.1, 0.15) is 0 Å². The van der Waals surface area contributed by atoms with Gasteiger partial charge in [-0.1, -0.05) is 96.3 Å². The Labute approximate surface area is 225 Å². The first-order valence-corrected chi connectivity index (χ1v) is 13.4. The molecule has 0 spiro atoms. The Kier molecular flexibility index (Phi) is 18.5. The lowest BCUT2D eigenvalue weighted by Gasteiger charge is -2.35. The molecule has 0 bridgehead atoms. The van der Waals surface area contributed by atoms with Crippen LogP contribution in [0.5, 0.6) is 0 Å². The van der Waals surface area contributed by atoms with Gasteiger partial charge in [0.2, 0.25) is 0 Å². The molecule has 3 heteroatoms. The Morgan fingerprint density at radius 1 is 0.972 bits per heavy atom. The van der Waals surface area contributed by atoms with Crippen molar-refractivity contribution in [1.29, 1.82) is 0 Å². The van der Waals surface area contributed by atoms with E-state index in [1.54, 1.807) is 6.21 Å². The number of aliphatic imine (C=N–C) groups is 1. The summed E-state index contributed by atoms with van der Waals surface area (Å²) in [6.07, 6.45) is 7.94. The molecule has 0 radical (unpaired) electrons. The van der Waals surface area contributed by atoms with Crippen molar-refractivity contribution in [2.45, 2.75) is 113 Å². The molecule has 0 fully saturated rings. The predicted octanol–water partition coefficient (Wildman–Crippen LogP) is 9.40. The first-order chi connectivity index (χ1) is 16.7. The summed E-state index contributed by atoms with van der Waals surface area (Å²) in [6, 6.07) is 10.9. The average Bonchev–Trinajstić information content (AvgIpc) is 2.79. The minimum atomic E-state index is -0.268. The molecule has 0 heterocycles. The van der Waals surface area contributed by atoms with Gasteiger partial charge in [-0.05, 0) is 78.2 Å². The number of benzene rings is 1. The highest BCUT2D eigenvalue weighted by molar-refractivity contribution is 5.55. The van der Waals surface area contributed by atoms with Crippen molar-refractivity contribution in [3.63, 3.8) is 0 Å². The molecular weight excluding hydrogens is 438 g/mol. The molecule has 2 N–H and O–H groups in total. The average molecular weight is 496 g/mol. The maximum Gasteiger partial charge on any atom is 0.0705 e. The van der Waals surface area contributed by atoms with Crippen LogP contribution in [-0.2, 0) is 6.42 Å². The van der Waals surface area contributed by atoms with Gasteiger partial charge in [-0.15, -0.1) is 0 Å². The van der Waals surface area contributed by atoms with Crippen LogP contribution in [0, 0.1) is 5.41 Å². The largest absolute Gasteiger partial charge is 0.380 e. The minimum absolute atomic E-state index is 0.215. The van der Waals surface area contributed by atoms with Gasteiger partial charge in [0, 0.05) is 29.3 Å². The second-order valence-electron chi connectivity index (χ2n) is 10.8. The van der Waals surface area contributed by atoms with Gasteiger partial charge >= 0.3 is 0 Å². The van der Waals surface area contributed by atoms with Crippen LogP contribution >= 0.6 is 0 Å². The van der Waals surface area contributed by atoms with Crippen LogP contribution in [0.3, 0.4) is 0 Å². The Morgan fingerprint density at radius 2 is 1.53 bits per heavy atom. The number of nitrogens with one attached hydrogen (secondary N) is 2. The van der Waals surface area contributed by atoms with E-state index < -0.39 is 0 Å². The van der Waals surface area contributed by atoms with Crippen molar-refractivity contribution in [1.82, 2.24) is 10.6 Å². The molecule has 1 rings (SSSR count). The van der Waals surface area contributed by atoms with Crippen molar-refractivity contribution in [2.75, 3.05) is 0 Å². The molecule has 0 aromatic heterocycles. The number of hydrogen-bond donors (Lipinski definition) is 2. The van der Waals surface area contributed by atoms with E-state index in [9.17, 15) is 0 Å². The van der Waals surface area contributed by atoms with E-state index >= 15 is 0 Å². The van der Waals surface area contributed by atoms with E-state index in [4.69, 9.17) is 0 Å². The van der Waals surface area contributed by atoms with Crippen LogP contribution < -0.4 is 10.6 Å². The molecule has 3 nitrogen and oxygen atoms in total. The third-order valence-corrected chi connectivity index (χ3v) is 5.48. The Bertz CT molecular complexity index is 820. The number of allylic oxidation sites excluding steroid dienone is 3. The summed E-state index contributed by atoms with van der Waals surface area (Å²) in [6.45, 7) is 35.6. The lowest BCUT2D eigenvalue weighted by atomic mass is 9.89. The fourth-order valence-electron chi connectivity index (χ4n) is 3.47. The predicted molar refractivity (Wildman–Crippen MR) is 166 cm³/mol. The van der Waals surface area contributed by atoms with E-state index in [1.165, 1.54) is 5.56 Å². The van der Waals surface area contributed by atoms with Gasteiger partial charge in [-0.25, -0.2) is 0 Å². The summed E-state index contributed by atoms with van der Waals surface area (Å²) in [7, 11) is 0. The maximum absolute atomic E-state index is 4.31. The lowest BCUT2D eigenvalue weighted by molar-refractivity contribution is 0.370. The summed E-state index contributed by atoms with van der Waals surface area (Å²) >= 11 is 0. The smallest absolute Gasteiger partial charge is 0.0705 e. The van der Waals surface area contributed by atoms with E-state index in [0.29, 0.717) is 0 Å². The second kappa shape index (κ2) is 18.7. The SMILES string of the molecule is C=C(CC(C)(C)C)NC(C)(C)C(=C)NC(CCCc1ccccc1)C(=C)C.CC.CC=N/C(C)=C\C. The number of rotatable bonds is 12. The van der Waals surface area contributed by atoms with Crippen molar-refractivity contribution >= 4 is 6.21 Å². The highest BCUT2D eigenvalue weighted by atomic mass is 15.1. The summed E-state index contributed by atoms with van der Waals surface area (Å²) in [5.74, 6) is 0. The molecule has 204 valence electrons. The standard InChI is InChI=1S/C25H40N2.C6H11N.C2H6/c1-19(2)23(17-13-16-22-14-11-10-12-15-22)26-21(4)25(8,9)27-20(3)18-24(5,6)7;1-4-6(3)7-5-2;1-2/h10-12,14-15,23,26-27H,1,3-4,13,16-18H2,2,5-9H3;4-5H,1-3H3;1-2H3/b;6-4-,7-5?;. The Morgan fingerprint density at radius 3 is 1.94 bits per heavy atom. The van der Waals surface area contributed by atoms with Crippen molar-refractivity contribution in [3.8, 4) is 0 Å². The van der Waals surface area contributed by atoms with Crippen molar-refractivity contribution in [2.24, 2.45) is 10.4 Å². The molecule has 1 unspecified atom stereocenters. The third kappa shape index (κ3) is 17.8. The van der Waals surface area contributed by atoms with E-state index in [1.807, 2.05) is 40.7 Å². The zero-order chi connectivity index (χ0) is 28.4. The molecule has 0 amide bonds. The van der Waals surface area contributed by atoms with E-state index in [2.05, 4.69) is 107 Å². The van der Waals surface area contributed by atoms with Crippen LogP contribution in [-0.4, -0.2) is 17.8 Å². The molecule has 0 aliphatic heterocycles. The van der Waals surface area contributed by atoms with Gasteiger partial charge in [-0.3, -0.25) is 4.99 Å². The Balaban J connectivity index is 0. The van der Waals surface area contributed by atoms with Crippen molar-refractivity contribution in [3.05, 3.63) is 84.4 Å². The molecule has 36 heavy (non-hydrogen) atoms. The van der Waals surface area contributed by atoms with Gasteiger partial charge in [0.25, 0.3) is 0 Å². The number of hydrogen-bond acceptors (Lipinski definition) is 3. The van der Waals surface area contributed by atoms with Crippen LogP contribution in [0.4, 0.5) is 0 Å². The number of aryl methyl sites for hydroxylation is 1. The topological polar surface area (TPSA) is 36.4 Å². The van der Waals surface area contributed by atoms with E-state index in [-0.39, 0.29) is 17.0 Å². The Hall–Kier alpha value is -2.55. The first-order valence-electron chi connectivity index (χ1n) is 13.4. The maximum atomic E-state index is 4.31. The highest BCUT2D eigenvalue weighted by Crippen LogP contribution is 2.25. The summed E-state index contributed by atoms with van der Waals surface area (Å²) in [5.41, 5.74) is 5.58. The normalized spacial score (nSPS) is 12.5. The zero-order valence-electron chi connectivity index (χ0n) is 25.5. The molecule has 0 aliphatic rings. The quantitative estimate of drug-likeness (QED) is 0.224. The molecule has 1 atom stereocenters. The van der Waals surface area contributed by atoms with Gasteiger partial charge in [0.05, 0.1) is 5.54 Å². The zero-order valence-corrected chi connectivity index (χ0v) is 25.5. The van der Waals surface area contributed by atoms with Crippen LogP contribution in [0.1, 0.15) is 101 Å². The van der Waals surface area contributed by atoms with Crippen LogP contribution in [0.2, 0.25) is 0 Å². The molecule has 0 saturated carbocycles. The first kappa shape index (κ1) is 35.6. The highest BCUT2D eigenvalue weighted by Gasteiger charge is 2.25. The summed E-state index contributed by atoms with van der Waals surface area (Å²) in [4.78, 5) is 3.98. The van der Waals surface area contributed by atoms with Gasteiger partial charge in [-0.2, -0.15) is 0 Å². The summed E-state index contributed by atoms with van der Waals surface area (Å²) in [5, 5.41) is 7.17. The minimum Gasteiger partial charge on any atom is -0.380 e. The van der Waals surface area contributed by atoms with E-state index in [0.717, 1.165) is 48.3 Å². The fraction of sp³-hybridized carbons (Fsp3) is 0.545. The van der Waals surface area contributed by atoms with Gasteiger partial charge < -0.3 is 10.6 Å². The molecular formula is C33H57N3. The number of nitrogens with zero attached hydrogens (tertiary/aromatic N) is 1. The monoisotopic (exact) mass is 495 g/mol. The summed E-state index contributed by atoms with van der Waals surface area (Å²) < 4.78 is 0. The van der Waals surface area contributed by atoms with Gasteiger partial charge in [0.15, 0.2) is 0 Å². The molecule has 0 saturated heterocycles.